The SMILES string of the molecule is COc1cccc(CN(C)C(C)CNC(C)C)c1. The van der Waals surface area contributed by atoms with Crippen molar-refractivity contribution in [2.24, 2.45) is 0 Å². The number of hydrogen-bond donors (Lipinski definition) is 1. The fourth-order valence-electron chi connectivity index (χ4n) is 1.78. The highest BCUT2D eigenvalue weighted by molar-refractivity contribution is 5.28. The van der Waals surface area contributed by atoms with E-state index in [1.807, 2.05) is 12.1 Å². The number of ether oxygens (including phenoxy) is 1. The lowest BCUT2D eigenvalue weighted by Crippen LogP contribution is -2.39. The maximum absolute atomic E-state index is 5.24. The average molecular weight is 250 g/mol. The average Bonchev–Trinajstić information content (AvgIpc) is 2.36. The van der Waals surface area contributed by atoms with Crippen LogP contribution in [-0.2, 0) is 6.54 Å². The molecule has 0 aliphatic rings. The van der Waals surface area contributed by atoms with Gasteiger partial charge in [-0.15, -0.1) is 0 Å². The van der Waals surface area contributed by atoms with Crippen molar-refractivity contribution in [3.8, 4) is 5.75 Å². The quantitative estimate of drug-likeness (QED) is 0.805. The minimum Gasteiger partial charge on any atom is -0.497 e. The normalized spacial score (nSPS) is 13.1. The van der Waals surface area contributed by atoms with Gasteiger partial charge in [-0.3, -0.25) is 4.90 Å². The molecular formula is C15H26N2O. The number of rotatable bonds is 7. The zero-order valence-electron chi connectivity index (χ0n) is 12.2. The number of nitrogens with zero attached hydrogens (tertiary/aromatic N) is 1. The summed E-state index contributed by atoms with van der Waals surface area (Å²) in [5.41, 5.74) is 1.29. The molecule has 0 heterocycles. The molecule has 0 aromatic heterocycles. The van der Waals surface area contributed by atoms with Crippen LogP contribution in [0.25, 0.3) is 0 Å². The summed E-state index contributed by atoms with van der Waals surface area (Å²) in [6.07, 6.45) is 0. The van der Waals surface area contributed by atoms with E-state index in [2.05, 4.69) is 50.2 Å². The van der Waals surface area contributed by atoms with Crippen LogP contribution >= 0.6 is 0 Å². The van der Waals surface area contributed by atoms with Crippen LogP contribution in [0.15, 0.2) is 24.3 Å². The van der Waals surface area contributed by atoms with Crippen LogP contribution < -0.4 is 10.1 Å². The third-order valence-corrected chi connectivity index (χ3v) is 3.14. The molecule has 1 rings (SSSR count). The van der Waals surface area contributed by atoms with E-state index in [1.165, 1.54) is 5.56 Å². The van der Waals surface area contributed by atoms with Crippen LogP contribution in [0.4, 0.5) is 0 Å². The van der Waals surface area contributed by atoms with E-state index in [0.29, 0.717) is 12.1 Å². The number of hydrogen-bond acceptors (Lipinski definition) is 3. The molecule has 1 aromatic carbocycles. The van der Waals surface area contributed by atoms with E-state index in [1.54, 1.807) is 7.11 Å². The van der Waals surface area contributed by atoms with Gasteiger partial charge in [-0.2, -0.15) is 0 Å². The van der Waals surface area contributed by atoms with E-state index in [-0.39, 0.29) is 0 Å². The standard InChI is InChI=1S/C15H26N2O/c1-12(2)16-10-13(3)17(4)11-14-7-6-8-15(9-14)18-5/h6-9,12-13,16H,10-11H2,1-5H3. The van der Waals surface area contributed by atoms with E-state index >= 15 is 0 Å². The van der Waals surface area contributed by atoms with Crippen molar-refractivity contribution in [3.63, 3.8) is 0 Å². The summed E-state index contributed by atoms with van der Waals surface area (Å²) < 4.78 is 5.24. The summed E-state index contributed by atoms with van der Waals surface area (Å²) in [5, 5.41) is 3.47. The molecule has 0 radical (unpaired) electrons. The Labute approximate surface area is 111 Å². The second kappa shape index (κ2) is 7.39. The highest BCUT2D eigenvalue weighted by atomic mass is 16.5. The second-order valence-electron chi connectivity index (χ2n) is 5.18. The first-order valence-corrected chi connectivity index (χ1v) is 6.59. The molecule has 1 aromatic rings. The van der Waals surface area contributed by atoms with E-state index in [9.17, 15) is 0 Å². The van der Waals surface area contributed by atoms with Crippen LogP contribution in [0.5, 0.6) is 5.75 Å². The highest BCUT2D eigenvalue weighted by Crippen LogP contribution is 2.14. The zero-order valence-corrected chi connectivity index (χ0v) is 12.2. The Hall–Kier alpha value is -1.06. The molecule has 0 aliphatic carbocycles. The lowest BCUT2D eigenvalue weighted by molar-refractivity contribution is 0.239. The van der Waals surface area contributed by atoms with Gasteiger partial charge in [0.1, 0.15) is 5.75 Å². The van der Waals surface area contributed by atoms with E-state index in [0.717, 1.165) is 18.8 Å². The van der Waals surface area contributed by atoms with Gasteiger partial charge in [0.05, 0.1) is 7.11 Å². The van der Waals surface area contributed by atoms with E-state index in [4.69, 9.17) is 4.74 Å². The van der Waals surface area contributed by atoms with Gasteiger partial charge in [0.15, 0.2) is 0 Å². The van der Waals surface area contributed by atoms with Crippen LogP contribution in [0.1, 0.15) is 26.3 Å². The first-order chi connectivity index (χ1) is 8.52. The molecule has 102 valence electrons. The Morgan fingerprint density at radius 2 is 2.00 bits per heavy atom. The summed E-state index contributed by atoms with van der Waals surface area (Å²) in [7, 11) is 3.87. The van der Waals surface area contributed by atoms with Gasteiger partial charge < -0.3 is 10.1 Å². The van der Waals surface area contributed by atoms with Gasteiger partial charge in [-0.1, -0.05) is 26.0 Å². The minimum absolute atomic E-state index is 0.513. The third-order valence-electron chi connectivity index (χ3n) is 3.14. The van der Waals surface area contributed by atoms with Crippen molar-refractivity contribution in [2.75, 3.05) is 20.7 Å². The van der Waals surface area contributed by atoms with Gasteiger partial charge >= 0.3 is 0 Å². The van der Waals surface area contributed by atoms with Crippen molar-refractivity contribution >= 4 is 0 Å². The van der Waals surface area contributed by atoms with Gasteiger partial charge in [0.25, 0.3) is 0 Å². The second-order valence-corrected chi connectivity index (χ2v) is 5.18. The van der Waals surface area contributed by atoms with E-state index < -0.39 is 0 Å². The predicted molar refractivity (Wildman–Crippen MR) is 77.1 cm³/mol. The van der Waals surface area contributed by atoms with Crippen molar-refractivity contribution in [3.05, 3.63) is 29.8 Å². The minimum atomic E-state index is 0.513. The summed E-state index contributed by atoms with van der Waals surface area (Å²) in [5.74, 6) is 0.925. The molecule has 0 amide bonds. The molecule has 1 unspecified atom stereocenters. The van der Waals surface area contributed by atoms with Crippen molar-refractivity contribution < 1.29 is 4.74 Å². The molecule has 3 nitrogen and oxygen atoms in total. The Balaban J connectivity index is 2.49. The van der Waals surface area contributed by atoms with Crippen LogP contribution in [0.2, 0.25) is 0 Å². The molecule has 0 saturated heterocycles. The van der Waals surface area contributed by atoms with Crippen molar-refractivity contribution in [1.82, 2.24) is 10.2 Å². The van der Waals surface area contributed by atoms with Crippen LogP contribution in [-0.4, -0.2) is 37.7 Å². The molecule has 0 spiro atoms. The molecule has 0 aliphatic heterocycles. The maximum Gasteiger partial charge on any atom is 0.119 e. The Morgan fingerprint density at radius 3 is 2.61 bits per heavy atom. The Morgan fingerprint density at radius 1 is 1.28 bits per heavy atom. The van der Waals surface area contributed by atoms with Gasteiger partial charge in [0.2, 0.25) is 0 Å². The first-order valence-electron chi connectivity index (χ1n) is 6.59. The summed E-state index contributed by atoms with van der Waals surface area (Å²) >= 11 is 0. The molecule has 1 N–H and O–H groups in total. The first kappa shape index (κ1) is 15.0. The fourth-order valence-corrected chi connectivity index (χ4v) is 1.78. The molecule has 18 heavy (non-hydrogen) atoms. The smallest absolute Gasteiger partial charge is 0.119 e. The lowest BCUT2D eigenvalue weighted by atomic mass is 10.2. The predicted octanol–water partition coefficient (Wildman–Crippen LogP) is 2.51. The topological polar surface area (TPSA) is 24.5 Å². The summed E-state index contributed by atoms with van der Waals surface area (Å²) in [6.45, 7) is 8.55. The molecule has 3 heteroatoms. The van der Waals surface area contributed by atoms with Crippen molar-refractivity contribution in [1.29, 1.82) is 0 Å². The molecular weight excluding hydrogens is 224 g/mol. The van der Waals surface area contributed by atoms with Crippen molar-refractivity contribution in [2.45, 2.75) is 39.4 Å². The largest absolute Gasteiger partial charge is 0.497 e. The fraction of sp³-hybridized carbons (Fsp3) is 0.600. The molecule has 0 bridgehead atoms. The van der Waals surface area contributed by atoms with Gasteiger partial charge in [-0.25, -0.2) is 0 Å². The molecule has 1 atom stereocenters. The Kier molecular flexibility index (Phi) is 6.16. The van der Waals surface area contributed by atoms with Crippen LogP contribution in [0, 0.1) is 0 Å². The summed E-state index contributed by atoms with van der Waals surface area (Å²) in [4.78, 5) is 2.35. The lowest BCUT2D eigenvalue weighted by Gasteiger charge is -2.26. The number of likely N-dealkylation sites (N-methyl/N-ethyl adjacent to an activating group) is 1. The number of methoxy groups -OCH3 is 1. The summed E-state index contributed by atoms with van der Waals surface area (Å²) in [6, 6.07) is 9.31. The zero-order chi connectivity index (χ0) is 13.5. The number of nitrogens with one attached hydrogen (secondary N) is 1. The third kappa shape index (κ3) is 5.07. The number of benzene rings is 1. The molecule has 0 fully saturated rings. The highest BCUT2D eigenvalue weighted by Gasteiger charge is 2.10. The van der Waals surface area contributed by atoms with Gasteiger partial charge in [0, 0.05) is 25.2 Å². The Bertz CT molecular complexity index is 352. The monoisotopic (exact) mass is 250 g/mol. The van der Waals surface area contributed by atoms with Crippen LogP contribution in [0.3, 0.4) is 0 Å². The maximum atomic E-state index is 5.24. The van der Waals surface area contributed by atoms with Gasteiger partial charge in [-0.05, 0) is 31.7 Å². The molecule has 0 saturated carbocycles.